The maximum Gasteiger partial charge on any atom is 0.223 e. The summed E-state index contributed by atoms with van der Waals surface area (Å²) in [6.45, 7) is 6.29. The minimum Gasteiger partial charge on any atom is -0.493 e. The van der Waals surface area contributed by atoms with Crippen molar-refractivity contribution in [3.63, 3.8) is 0 Å². The van der Waals surface area contributed by atoms with Crippen LogP contribution in [0.2, 0.25) is 0 Å². The van der Waals surface area contributed by atoms with Gasteiger partial charge in [0.1, 0.15) is 5.75 Å². The van der Waals surface area contributed by atoms with Crippen molar-refractivity contribution in [2.45, 2.75) is 19.4 Å². The molecule has 2 aromatic rings. The summed E-state index contributed by atoms with van der Waals surface area (Å²) in [6.07, 6.45) is 0.346. The lowest BCUT2D eigenvalue weighted by molar-refractivity contribution is -0.121. The first-order valence-electron chi connectivity index (χ1n) is 9.55. The number of nitrogens with zero attached hydrogens (tertiary/aromatic N) is 1. The van der Waals surface area contributed by atoms with E-state index in [1.54, 1.807) is 0 Å². The zero-order valence-electron chi connectivity index (χ0n) is 15.9. The van der Waals surface area contributed by atoms with Gasteiger partial charge in [-0.1, -0.05) is 48.0 Å². The maximum atomic E-state index is 12.3. The van der Waals surface area contributed by atoms with Gasteiger partial charge in [0.05, 0.1) is 32.3 Å². The van der Waals surface area contributed by atoms with Gasteiger partial charge in [-0.05, 0) is 24.6 Å². The summed E-state index contributed by atoms with van der Waals surface area (Å²) in [5.74, 6) is 0.799. The number of rotatable bonds is 8. The highest BCUT2D eigenvalue weighted by atomic mass is 16.5. The van der Waals surface area contributed by atoms with Crippen molar-refractivity contribution in [3.8, 4) is 5.75 Å². The van der Waals surface area contributed by atoms with Crippen molar-refractivity contribution in [2.75, 3.05) is 39.5 Å². The molecule has 0 spiro atoms. The van der Waals surface area contributed by atoms with Gasteiger partial charge in [-0.25, -0.2) is 0 Å². The molecule has 1 saturated heterocycles. The van der Waals surface area contributed by atoms with Crippen LogP contribution < -0.4 is 10.1 Å². The summed E-state index contributed by atoms with van der Waals surface area (Å²) in [6, 6.07) is 18.3. The molecule has 0 aliphatic carbocycles. The quantitative estimate of drug-likeness (QED) is 0.778. The van der Waals surface area contributed by atoms with E-state index >= 15 is 0 Å². The number of ether oxygens (including phenoxy) is 2. The summed E-state index contributed by atoms with van der Waals surface area (Å²) in [4.78, 5) is 14.7. The van der Waals surface area contributed by atoms with Crippen molar-refractivity contribution in [1.82, 2.24) is 10.2 Å². The number of hydrogen-bond donors (Lipinski definition) is 1. The van der Waals surface area contributed by atoms with Gasteiger partial charge in [-0.3, -0.25) is 9.69 Å². The van der Waals surface area contributed by atoms with Crippen LogP contribution in [0, 0.1) is 6.92 Å². The van der Waals surface area contributed by atoms with Gasteiger partial charge >= 0.3 is 0 Å². The molecular formula is C22H28N2O3. The Morgan fingerprint density at radius 1 is 1.11 bits per heavy atom. The van der Waals surface area contributed by atoms with Gasteiger partial charge in [0.25, 0.3) is 0 Å². The molecule has 1 fully saturated rings. The third-order valence-electron chi connectivity index (χ3n) is 4.78. The molecule has 0 saturated carbocycles. The van der Waals surface area contributed by atoms with E-state index in [0.29, 0.717) is 19.6 Å². The van der Waals surface area contributed by atoms with Crippen LogP contribution in [-0.2, 0) is 9.53 Å². The van der Waals surface area contributed by atoms with Gasteiger partial charge in [-0.2, -0.15) is 0 Å². The summed E-state index contributed by atoms with van der Waals surface area (Å²) in [7, 11) is 0. The fourth-order valence-corrected chi connectivity index (χ4v) is 3.21. The lowest BCUT2D eigenvalue weighted by Gasteiger charge is -2.35. The molecule has 1 amide bonds. The van der Waals surface area contributed by atoms with Gasteiger partial charge in [0.2, 0.25) is 5.91 Å². The fraction of sp³-hybridized carbons (Fsp3) is 0.409. The Balaban J connectivity index is 1.52. The molecule has 3 rings (SSSR count). The largest absolute Gasteiger partial charge is 0.493 e. The number of para-hydroxylation sites is 1. The minimum absolute atomic E-state index is 0.0105. The number of aryl methyl sites for hydroxylation is 1. The Hall–Kier alpha value is -2.37. The van der Waals surface area contributed by atoms with Gasteiger partial charge in [0.15, 0.2) is 0 Å². The lowest BCUT2D eigenvalue weighted by Crippen LogP contribution is -2.44. The molecule has 1 aliphatic rings. The van der Waals surface area contributed by atoms with Crippen LogP contribution in [0.4, 0.5) is 0 Å². The zero-order valence-corrected chi connectivity index (χ0v) is 15.9. The summed E-state index contributed by atoms with van der Waals surface area (Å²) >= 11 is 0. The van der Waals surface area contributed by atoms with Crippen LogP contribution >= 0.6 is 0 Å². The number of morpholine rings is 1. The summed E-state index contributed by atoms with van der Waals surface area (Å²) in [5, 5.41) is 3.08. The normalized spacial score (nSPS) is 15.9. The summed E-state index contributed by atoms with van der Waals surface area (Å²) < 4.78 is 11.1. The van der Waals surface area contributed by atoms with E-state index in [0.717, 1.165) is 32.1 Å². The number of carbonyl (C=O) groups is 1. The molecule has 1 atom stereocenters. The smallest absolute Gasteiger partial charge is 0.223 e. The van der Waals surface area contributed by atoms with E-state index in [1.165, 1.54) is 11.1 Å². The topological polar surface area (TPSA) is 50.8 Å². The highest BCUT2D eigenvalue weighted by Gasteiger charge is 2.23. The molecule has 0 bridgehead atoms. The van der Waals surface area contributed by atoms with E-state index in [4.69, 9.17) is 9.47 Å². The van der Waals surface area contributed by atoms with Crippen molar-refractivity contribution in [2.24, 2.45) is 0 Å². The van der Waals surface area contributed by atoms with Crippen LogP contribution in [0.25, 0.3) is 0 Å². The van der Waals surface area contributed by atoms with Crippen LogP contribution in [0.3, 0.4) is 0 Å². The number of carbonyl (C=O) groups excluding carboxylic acids is 1. The van der Waals surface area contributed by atoms with Crippen LogP contribution in [0.1, 0.15) is 23.6 Å². The third kappa shape index (κ3) is 6.08. The first-order chi connectivity index (χ1) is 13.2. The number of hydrogen-bond acceptors (Lipinski definition) is 4. The van der Waals surface area contributed by atoms with Gasteiger partial charge in [0, 0.05) is 19.6 Å². The number of nitrogens with one attached hydrogen (secondary N) is 1. The second-order valence-electron chi connectivity index (χ2n) is 6.79. The van der Waals surface area contributed by atoms with Gasteiger partial charge in [-0.15, -0.1) is 0 Å². The predicted octanol–water partition coefficient (Wildman–Crippen LogP) is 2.95. The monoisotopic (exact) mass is 368 g/mol. The predicted molar refractivity (Wildman–Crippen MR) is 106 cm³/mol. The molecule has 1 aliphatic heterocycles. The average molecular weight is 368 g/mol. The molecule has 5 nitrogen and oxygen atoms in total. The van der Waals surface area contributed by atoms with Gasteiger partial charge < -0.3 is 14.8 Å². The molecule has 2 aromatic carbocycles. The van der Waals surface area contributed by atoms with Crippen LogP contribution in [-0.4, -0.2) is 50.3 Å². The van der Waals surface area contributed by atoms with Crippen LogP contribution in [0.15, 0.2) is 54.6 Å². The molecule has 1 unspecified atom stereocenters. The fourth-order valence-electron chi connectivity index (χ4n) is 3.21. The second kappa shape index (κ2) is 10.1. The summed E-state index contributed by atoms with van der Waals surface area (Å²) in [5.41, 5.74) is 2.46. The SMILES string of the molecule is Cc1ccc(C(CNC(=O)CCOc2ccccc2)N2CCOCC2)cc1. The minimum atomic E-state index is 0.0105. The Bertz CT molecular complexity index is 697. The van der Waals surface area contributed by atoms with Crippen molar-refractivity contribution in [1.29, 1.82) is 0 Å². The highest BCUT2D eigenvalue weighted by molar-refractivity contribution is 5.76. The standard InChI is InChI=1S/C22H28N2O3/c1-18-7-9-19(10-8-18)21(24-12-15-26-16-13-24)17-23-22(25)11-14-27-20-5-3-2-4-6-20/h2-10,21H,11-17H2,1H3,(H,23,25). The van der Waals surface area contributed by atoms with Crippen molar-refractivity contribution in [3.05, 3.63) is 65.7 Å². The zero-order chi connectivity index (χ0) is 18.9. The lowest BCUT2D eigenvalue weighted by atomic mass is 10.0. The maximum absolute atomic E-state index is 12.3. The van der Waals surface area contributed by atoms with Crippen molar-refractivity contribution >= 4 is 5.91 Å². The van der Waals surface area contributed by atoms with Crippen molar-refractivity contribution < 1.29 is 14.3 Å². The Labute approximate surface area is 161 Å². The molecular weight excluding hydrogens is 340 g/mol. The first kappa shape index (κ1) is 19.4. The van der Waals surface area contributed by atoms with E-state index in [2.05, 4.69) is 41.4 Å². The Morgan fingerprint density at radius 2 is 1.81 bits per heavy atom. The molecule has 1 heterocycles. The molecule has 0 radical (unpaired) electrons. The highest BCUT2D eigenvalue weighted by Crippen LogP contribution is 2.21. The van der Waals surface area contributed by atoms with E-state index < -0.39 is 0 Å². The van der Waals surface area contributed by atoms with E-state index in [9.17, 15) is 4.79 Å². The Morgan fingerprint density at radius 3 is 2.52 bits per heavy atom. The number of benzene rings is 2. The Kier molecular flexibility index (Phi) is 7.25. The molecule has 0 aromatic heterocycles. The average Bonchev–Trinajstić information content (AvgIpc) is 2.71. The van der Waals surface area contributed by atoms with Crippen LogP contribution in [0.5, 0.6) is 5.75 Å². The third-order valence-corrected chi connectivity index (χ3v) is 4.78. The molecule has 1 N–H and O–H groups in total. The van der Waals surface area contributed by atoms with E-state index in [1.807, 2.05) is 30.3 Å². The molecule has 144 valence electrons. The first-order valence-corrected chi connectivity index (χ1v) is 9.55. The molecule has 27 heavy (non-hydrogen) atoms. The second-order valence-corrected chi connectivity index (χ2v) is 6.79. The number of amides is 1. The van der Waals surface area contributed by atoms with E-state index in [-0.39, 0.29) is 11.9 Å². The molecule has 5 heteroatoms.